The molecule has 0 aliphatic rings. The lowest BCUT2D eigenvalue weighted by atomic mass is 10.1. The van der Waals surface area contributed by atoms with E-state index in [1.165, 1.54) is 0 Å². The number of benzene rings is 3. The topological polar surface area (TPSA) is 67.4 Å². The predicted molar refractivity (Wildman–Crippen MR) is 116 cm³/mol. The fraction of sp³-hybridized carbons (Fsp3) is 0.130. The van der Waals surface area contributed by atoms with Crippen molar-refractivity contribution in [1.82, 2.24) is 0 Å². The Kier molecular flexibility index (Phi) is 6.87. The minimum Gasteiger partial charge on any atom is -0.482 e. The van der Waals surface area contributed by atoms with Crippen molar-refractivity contribution in [1.29, 1.82) is 0 Å². The lowest BCUT2D eigenvalue weighted by Gasteiger charge is -2.11. The van der Waals surface area contributed by atoms with Gasteiger partial charge >= 0.3 is 0 Å². The highest BCUT2D eigenvalue weighted by atomic mass is 35.5. The van der Waals surface area contributed by atoms with Gasteiger partial charge in [-0.1, -0.05) is 61.0 Å². The summed E-state index contributed by atoms with van der Waals surface area (Å²) in [6.45, 7) is 1.59. The number of anilines is 2. The number of carbonyl (C=O) groups excluding carboxylic acids is 2. The lowest BCUT2D eigenvalue weighted by molar-refractivity contribution is -0.118. The molecule has 0 aromatic heterocycles. The van der Waals surface area contributed by atoms with Gasteiger partial charge in [0, 0.05) is 17.8 Å². The monoisotopic (exact) mass is 408 g/mol. The first-order valence-corrected chi connectivity index (χ1v) is 9.60. The minimum atomic E-state index is -0.327. The predicted octanol–water partition coefficient (Wildman–Crippen LogP) is 5.37. The number of hydrogen-bond donors (Lipinski definition) is 2. The quantitative estimate of drug-likeness (QED) is 0.552. The van der Waals surface area contributed by atoms with Crippen LogP contribution in [0.2, 0.25) is 5.02 Å². The van der Waals surface area contributed by atoms with Crippen LogP contribution in [0, 0.1) is 0 Å². The molecule has 0 atom stereocenters. The van der Waals surface area contributed by atoms with Crippen LogP contribution in [0.1, 0.15) is 13.3 Å². The molecule has 29 heavy (non-hydrogen) atoms. The van der Waals surface area contributed by atoms with Crippen LogP contribution in [0.25, 0.3) is 11.1 Å². The van der Waals surface area contributed by atoms with Crippen LogP contribution < -0.4 is 15.4 Å². The third-order valence-electron chi connectivity index (χ3n) is 4.15. The van der Waals surface area contributed by atoms with E-state index in [2.05, 4.69) is 10.6 Å². The van der Waals surface area contributed by atoms with Crippen molar-refractivity contribution >= 4 is 34.8 Å². The molecule has 6 heteroatoms. The Morgan fingerprint density at radius 1 is 0.828 bits per heavy atom. The Hall–Kier alpha value is -3.31. The molecule has 0 bridgehead atoms. The lowest BCUT2D eigenvalue weighted by Crippen LogP contribution is -2.20. The van der Waals surface area contributed by atoms with E-state index in [0.29, 0.717) is 28.6 Å². The first-order valence-electron chi connectivity index (χ1n) is 9.22. The van der Waals surface area contributed by atoms with Gasteiger partial charge in [0.1, 0.15) is 5.75 Å². The first kappa shape index (κ1) is 20.4. The molecule has 3 rings (SSSR count). The van der Waals surface area contributed by atoms with E-state index in [-0.39, 0.29) is 18.4 Å². The molecule has 2 amide bonds. The Morgan fingerprint density at radius 3 is 2.17 bits per heavy atom. The van der Waals surface area contributed by atoms with E-state index >= 15 is 0 Å². The first-order chi connectivity index (χ1) is 14.0. The van der Waals surface area contributed by atoms with Crippen molar-refractivity contribution in [3.63, 3.8) is 0 Å². The number of ether oxygens (including phenoxy) is 1. The summed E-state index contributed by atoms with van der Waals surface area (Å²) in [7, 11) is 0. The van der Waals surface area contributed by atoms with Crippen molar-refractivity contribution in [2.75, 3.05) is 17.2 Å². The van der Waals surface area contributed by atoms with E-state index in [4.69, 9.17) is 16.3 Å². The molecule has 5 nitrogen and oxygen atoms in total. The van der Waals surface area contributed by atoms with Crippen molar-refractivity contribution in [2.24, 2.45) is 0 Å². The van der Waals surface area contributed by atoms with Gasteiger partial charge in [-0.15, -0.1) is 0 Å². The maximum Gasteiger partial charge on any atom is 0.262 e. The summed E-state index contributed by atoms with van der Waals surface area (Å²) in [5.41, 5.74) is 3.21. The fourth-order valence-corrected chi connectivity index (χ4v) is 2.93. The van der Waals surface area contributed by atoms with Gasteiger partial charge in [0.05, 0.1) is 5.02 Å². The maximum absolute atomic E-state index is 12.2. The van der Waals surface area contributed by atoms with Crippen molar-refractivity contribution in [3.05, 3.63) is 77.8 Å². The molecule has 0 aliphatic carbocycles. The van der Waals surface area contributed by atoms with Gasteiger partial charge in [-0.2, -0.15) is 0 Å². The molecule has 2 N–H and O–H groups in total. The van der Waals surface area contributed by atoms with Crippen LogP contribution in [0.15, 0.2) is 72.8 Å². The SMILES string of the molecule is CCC(=O)Nc1cccc(NC(=O)COc2ccc(-c3ccccc3)cc2Cl)c1. The summed E-state index contributed by atoms with van der Waals surface area (Å²) in [6, 6.07) is 22.3. The standard InChI is InChI=1S/C23H21ClN2O3/c1-2-22(27)25-18-9-6-10-19(14-18)26-23(28)15-29-21-12-11-17(13-20(21)24)16-7-4-3-5-8-16/h3-14H,2,15H2,1H3,(H,25,27)(H,26,28). The summed E-state index contributed by atoms with van der Waals surface area (Å²) in [6.07, 6.45) is 0.383. The van der Waals surface area contributed by atoms with Crippen LogP contribution in [0.4, 0.5) is 11.4 Å². The third-order valence-corrected chi connectivity index (χ3v) is 4.44. The molecule has 0 aliphatic heterocycles. The number of nitrogens with one attached hydrogen (secondary N) is 2. The van der Waals surface area contributed by atoms with E-state index in [9.17, 15) is 9.59 Å². The highest BCUT2D eigenvalue weighted by Crippen LogP contribution is 2.30. The average Bonchev–Trinajstić information content (AvgIpc) is 2.73. The number of rotatable bonds is 7. The Labute approximate surface area is 174 Å². The normalized spacial score (nSPS) is 10.3. The molecule has 0 saturated heterocycles. The highest BCUT2D eigenvalue weighted by molar-refractivity contribution is 6.32. The average molecular weight is 409 g/mol. The zero-order valence-electron chi connectivity index (χ0n) is 15.9. The van der Waals surface area contributed by atoms with Gasteiger partial charge in [0.15, 0.2) is 6.61 Å². The second-order valence-corrected chi connectivity index (χ2v) is 6.74. The van der Waals surface area contributed by atoms with Crippen molar-refractivity contribution in [3.8, 4) is 16.9 Å². The van der Waals surface area contributed by atoms with E-state index in [0.717, 1.165) is 11.1 Å². The van der Waals surface area contributed by atoms with Gasteiger partial charge < -0.3 is 15.4 Å². The van der Waals surface area contributed by atoms with Gasteiger partial charge in [0.25, 0.3) is 5.91 Å². The second kappa shape index (κ2) is 9.75. The molecule has 3 aromatic rings. The summed E-state index contributed by atoms with van der Waals surface area (Å²) in [5, 5.41) is 5.93. The minimum absolute atomic E-state index is 0.0922. The van der Waals surface area contributed by atoms with Gasteiger partial charge in [0.2, 0.25) is 5.91 Å². The molecular formula is C23H21ClN2O3. The summed E-state index contributed by atoms with van der Waals surface area (Å²) in [5.74, 6) is 0.0167. The van der Waals surface area contributed by atoms with Crippen LogP contribution in [-0.2, 0) is 9.59 Å². The van der Waals surface area contributed by atoms with Crippen LogP contribution in [-0.4, -0.2) is 18.4 Å². The van der Waals surface area contributed by atoms with Gasteiger partial charge in [-0.25, -0.2) is 0 Å². The van der Waals surface area contributed by atoms with Crippen LogP contribution >= 0.6 is 11.6 Å². The van der Waals surface area contributed by atoms with E-state index in [1.807, 2.05) is 42.5 Å². The molecule has 148 valence electrons. The number of hydrogen-bond acceptors (Lipinski definition) is 3. The van der Waals surface area contributed by atoms with Crippen molar-refractivity contribution < 1.29 is 14.3 Å². The largest absolute Gasteiger partial charge is 0.482 e. The van der Waals surface area contributed by atoms with E-state index in [1.54, 1.807) is 37.3 Å². The zero-order chi connectivity index (χ0) is 20.6. The Morgan fingerprint density at radius 2 is 1.52 bits per heavy atom. The van der Waals surface area contributed by atoms with E-state index < -0.39 is 0 Å². The second-order valence-electron chi connectivity index (χ2n) is 6.33. The summed E-state index contributed by atoms with van der Waals surface area (Å²) in [4.78, 5) is 23.7. The molecule has 0 fully saturated rings. The maximum atomic E-state index is 12.2. The number of carbonyl (C=O) groups is 2. The molecule has 3 aromatic carbocycles. The Bertz CT molecular complexity index is 1010. The highest BCUT2D eigenvalue weighted by Gasteiger charge is 2.09. The Balaban J connectivity index is 1.58. The molecular weight excluding hydrogens is 388 g/mol. The number of halogens is 1. The summed E-state index contributed by atoms with van der Waals surface area (Å²) < 4.78 is 5.56. The van der Waals surface area contributed by atoms with Gasteiger partial charge in [-0.3, -0.25) is 9.59 Å². The molecule has 0 spiro atoms. The zero-order valence-corrected chi connectivity index (χ0v) is 16.7. The van der Waals surface area contributed by atoms with Crippen LogP contribution in [0.3, 0.4) is 0 Å². The number of amides is 2. The molecule has 0 heterocycles. The summed E-state index contributed by atoms with van der Waals surface area (Å²) >= 11 is 6.31. The van der Waals surface area contributed by atoms with Gasteiger partial charge in [-0.05, 0) is 41.5 Å². The fourth-order valence-electron chi connectivity index (χ4n) is 2.69. The van der Waals surface area contributed by atoms with Crippen molar-refractivity contribution in [2.45, 2.75) is 13.3 Å². The molecule has 0 saturated carbocycles. The molecule has 0 radical (unpaired) electrons. The van der Waals surface area contributed by atoms with Crippen LogP contribution in [0.5, 0.6) is 5.75 Å². The smallest absolute Gasteiger partial charge is 0.262 e. The third kappa shape index (κ3) is 5.83. The molecule has 0 unspecified atom stereocenters.